The summed E-state index contributed by atoms with van der Waals surface area (Å²) in [6.45, 7) is -0.351. The highest BCUT2D eigenvalue weighted by atomic mass is 35.5. The van der Waals surface area contributed by atoms with Crippen molar-refractivity contribution in [2.45, 2.75) is 0 Å². The van der Waals surface area contributed by atoms with Crippen LogP contribution in [-0.2, 0) is 4.79 Å². The second-order valence-electron chi connectivity index (χ2n) is 7.37. The molecule has 8 nitrogen and oxygen atoms in total. The van der Waals surface area contributed by atoms with Gasteiger partial charge in [-0.3, -0.25) is 9.59 Å². The standard InChI is InChI=1S/C25H19Cl2N5O3S/c26-19-10-15(11-20(27)23(19)35-13-22(28)33)12-29-32-24(34)17-8-6-16(7-9-17)21-14-36-25(31-21)30-18-4-2-1-3-5-18/h1-12,14H,13H2,(H2,28,33)(H,30,31)(H,32,34)/b29-12+. The maximum atomic E-state index is 12.5. The van der Waals surface area contributed by atoms with Crippen molar-refractivity contribution in [2.75, 3.05) is 11.9 Å². The summed E-state index contributed by atoms with van der Waals surface area (Å²) in [6, 6.07) is 19.9. The van der Waals surface area contributed by atoms with Crippen molar-refractivity contribution < 1.29 is 14.3 Å². The maximum absolute atomic E-state index is 12.5. The third kappa shape index (κ3) is 6.60. The Hall–Kier alpha value is -3.92. The Bertz CT molecular complexity index is 1390. The van der Waals surface area contributed by atoms with Gasteiger partial charge in [0, 0.05) is 22.2 Å². The number of carbonyl (C=O) groups is 2. The number of primary amides is 1. The Morgan fingerprint density at radius 2 is 1.75 bits per heavy atom. The number of nitrogens with zero attached hydrogens (tertiary/aromatic N) is 2. The summed E-state index contributed by atoms with van der Waals surface area (Å²) < 4.78 is 5.19. The Kier molecular flexibility index (Phi) is 8.17. The minimum atomic E-state index is -0.653. The number of benzene rings is 3. The molecule has 0 spiro atoms. The van der Waals surface area contributed by atoms with Gasteiger partial charge >= 0.3 is 0 Å². The molecule has 2 amide bonds. The quantitative estimate of drug-likeness (QED) is 0.192. The first-order chi connectivity index (χ1) is 17.4. The van der Waals surface area contributed by atoms with E-state index < -0.39 is 5.91 Å². The van der Waals surface area contributed by atoms with Crippen LogP contribution in [0.25, 0.3) is 11.3 Å². The molecule has 182 valence electrons. The first kappa shape index (κ1) is 25.2. The lowest BCUT2D eigenvalue weighted by Gasteiger charge is -2.09. The number of carbonyl (C=O) groups excluding carboxylic acids is 2. The van der Waals surface area contributed by atoms with E-state index in [2.05, 4.69) is 20.8 Å². The fourth-order valence-corrected chi connectivity index (χ4v) is 4.42. The fraction of sp³-hybridized carbons (Fsp3) is 0.0400. The second-order valence-corrected chi connectivity index (χ2v) is 9.05. The molecule has 0 unspecified atom stereocenters. The molecular formula is C25H19Cl2N5O3S. The number of anilines is 2. The van der Waals surface area contributed by atoms with Gasteiger partial charge in [-0.05, 0) is 42.0 Å². The topological polar surface area (TPSA) is 119 Å². The number of nitrogens with two attached hydrogens (primary N) is 1. The van der Waals surface area contributed by atoms with E-state index in [0.29, 0.717) is 11.1 Å². The molecule has 4 rings (SSSR count). The molecule has 1 heterocycles. The van der Waals surface area contributed by atoms with Crippen molar-refractivity contribution >= 4 is 63.4 Å². The first-order valence-corrected chi connectivity index (χ1v) is 12.1. The maximum Gasteiger partial charge on any atom is 0.271 e. The highest BCUT2D eigenvalue weighted by molar-refractivity contribution is 7.14. The molecule has 0 bridgehead atoms. The summed E-state index contributed by atoms with van der Waals surface area (Å²) in [4.78, 5) is 27.9. The lowest BCUT2D eigenvalue weighted by atomic mass is 10.1. The van der Waals surface area contributed by atoms with Crippen LogP contribution in [0.15, 0.2) is 77.2 Å². The smallest absolute Gasteiger partial charge is 0.271 e. The van der Waals surface area contributed by atoms with Gasteiger partial charge in [0.15, 0.2) is 17.5 Å². The Labute approximate surface area is 220 Å². The molecule has 3 aromatic carbocycles. The average molecular weight is 540 g/mol. The van der Waals surface area contributed by atoms with Gasteiger partial charge in [0.05, 0.1) is 22.0 Å². The van der Waals surface area contributed by atoms with Gasteiger partial charge in [-0.25, -0.2) is 10.4 Å². The largest absolute Gasteiger partial charge is 0.481 e. The van der Waals surface area contributed by atoms with Crippen molar-refractivity contribution in [2.24, 2.45) is 10.8 Å². The van der Waals surface area contributed by atoms with Crippen LogP contribution in [0.5, 0.6) is 5.75 Å². The molecule has 11 heteroatoms. The number of halogens is 2. The van der Waals surface area contributed by atoms with Crippen LogP contribution in [0.2, 0.25) is 10.0 Å². The molecule has 0 aliphatic carbocycles. The molecule has 0 aliphatic heterocycles. The number of hydrogen-bond acceptors (Lipinski definition) is 7. The minimum Gasteiger partial charge on any atom is -0.481 e. The zero-order chi connectivity index (χ0) is 25.5. The average Bonchev–Trinajstić information content (AvgIpc) is 3.32. The van der Waals surface area contributed by atoms with Crippen LogP contribution in [0.1, 0.15) is 15.9 Å². The predicted octanol–water partition coefficient (Wildman–Crippen LogP) is 5.49. The summed E-state index contributed by atoms with van der Waals surface area (Å²) in [5.41, 5.74) is 11.1. The zero-order valence-electron chi connectivity index (χ0n) is 18.6. The monoisotopic (exact) mass is 539 g/mol. The van der Waals surface area contributed by atoms with Gasteiger partial charge in [-0.15, -0.1) is 11.3 Å². The van der Waals surface area contributed by atoms with Crippen LogP contribution in [-0.4, -0.2) is 29.6 Å². The van der Waals surface area contributed by atoms with Crippen LogP contribution < -0.4 is 21.2 Å². The lowest BCUT2D eigenvalue weighted by molar-refractivity contribution is -0.119. The van der Waals surface area contributed by atoms with E-state index in [1.54, 1.807) is 12.1 Å². The molecule has 0 atom stereocenters. The third-order valence-corrected chi connectivity index (χ3v) is 6.05. The molecule has 0 fully saturated rings. The molecule has 0 saturated carbocycles. The highest BCUT2D eigenvalue weighted by Crippen LogP contribution is 2.33. The number of para-hydroxylation sites is 1. The summed E-state index contributed by atoms with van der Waals surface area (Å²) in [5, 5.41) is 10.3. The highest BCUT2D eigenvalue weighted by Gasteiger charge is 2.11. The number of aromatic nitrogens is 1. The number of ether oxygens (including phenoxy) is 1. The van der Waals surface area contributed by atoms with Crippen molar-refractivity contribution in [3.05, 3.63) is 93.3 Å². The van der Waals surface area contributed by atoms with Gasteiger partial charge in [-0.1, -0.05) is 53.5 Å². The van der Waals surface area contributed by atoms with E-state index in [4.69, 9.17) is 33.7 Å². The van der Waals surface area contributed by atoms with Gasteiger partial charge in [-0.2, -0.15) is 5.10 Å². The predicted molar refractivity (Wildman–Crippen MR) is 143 cm³/mol. The van der Waals surface area contributed by atoms with E-state index in [9.17, 15) is 9.59 Å². The molecule has 0 radical (unpaired) electrons. The summed E-state index contributed by atoms with van der Waals surface area (Å²) in [7, 11) is 0. The zero-order valence-corrected chi connectivity index (χ0v) is 20.9. The number of nitrogens with one attached hydrogen (secondary N) is 2. The van der Waals surface area contributed by atoms with E-state index in [0.717, 1.165) is 22.1 Å². The number of thiazole rings is 1. The molecular weight excluding hydrogens is 521 g/mol. The number of amides is 2. The first-order valence-electron chi connectivity index (χ1n) is 10.5. The van der Waals surface area contributed by atoms with Gasteiger partial charge in [0.25, 0.3) is 11.8 Å². The van der Waals surface area contributed by atoms with Crippen molar-refractivity contribution in [1.29, 1.82) is 0 Å². The fourth-order valence-electron chi connectivity index (χ4n) is 3.07. The van der Waals surface area contributed by atoms with E-state index in [1.165, 1.54) is 29.7 Å². The SMILES string of the molecule is NC(=O)COc1c(Cl)cc(/C=N/NC(=O)c2ccc(-c3csc(Nc4ccccc4)n3)cc2)cc1Cl. The molecule has 0 aliphatic rings. The van der Waals surface area contributed by atoms with Gasteiger partial charge < -0.3 is 15.8 Å². The Morgan fingerprint density at radius 1 is 1.06 bits per heavy atom. The summed E-state index contributed by atoms with van der Waals surface area (Å²) in [5.74, 6) is -0.900. The number of hydrogen-bond donors (Lipinski definition) is 3. The minimum absolute atomic E-state index is 0.140. The van der Waals surface area contributed by atoms with Crippen LogP contribution in [0.4, 0.5) is 10.8 Å². The summed E-state index contributed by atoms with van der Waals surface area (Å²) in [6.07, 6.45) is 1.39. The van der Waals surface area contributed by atoms with Crippen molar-refractivity contribution in [3.8, 4) is 17.0 Å². The molecule has 4 N–H and O–H groups in total. The molecule has 0 saturated heterocycles. The van der Waals surface area contributed by atoms with Gasteiger partial charge in [0.1, 0.15) is 0 Å². The van der Waals surface area contributed by atoms with Gasteiger partial charge in [0.2, 0.25) is 0 Å². The summed E-state index contributed by atoms with van der Waals surface area (Å²) >= 11 is 13.8. The molecule has 1 aromatic heterocycles. The van der Waals surface area contributed by atoms with Crippen LogP contribution in [0.3, 0.4) is 0 Å². The van der Waals surface area contributed by atoms with Crippen molar-refractivity contribution in [1.82, 2.24) is 10.4 Å². The van der Waals surface area contributed by atoms with Crippen LogP contribution >= 0.6 is 34.5 Å². The third-order valence-electron chi connectivity index (χ3n) is 4.73. The van der Waals surface area contributed by atoms with E-state index in [-0.39, 0.29) is 28.3 Å². The molecule has 4 aromatic rings. The Morgan fingerprint density at radius 3 is 2.42 bits per heavy atom. The second kappa shape index (κ2) is 11.7. The van der Waals surface area contributed by atoms with Crippen molar-refractivity contribution in [3.63, 3.8) is 0 Å². The van der Waals surface area contributed by atoms with E-state index >= 15 is 0 Å². The van der Waals surface area contributed by atoms with Crippen LogP contribution in [0, 0.1) is 0 Å². The molecule has 36 heavy (non-hydrogen) atoms. The number of rotatable bonds is 9. The van der Waals surface area contributed by atoms with E-state index in [1.807, 2.05) is 47.8 Å². The number of hydrazone groups is 1. The Balaban J connectivity index is 1.36. The lowest BCUT2D eigenvalue weighted by Crippen LogP contribution is -2.20. The normalized spacial score (nSPS) is 10.8.